The molecule has 1 saturated heterocycles. The number of rotatable bonds is 5. The summed E-state index contributed by atoms with van der Waals surface area (Å²) in [6.07, 6.45) is 2.26. The van der Waals surface area contributed by atoms with Crippen molar-refractivity contribution in [3.63, 3.8) is 0 Å². The fourth-order valence-electron chi connectivity index (χ4n) is 2.85. The Balaban J connectivity index is 1.96. The van der Waals surface area contributed by atoms with Gasteiger partial charge in [0.25, 0.3) is 0 Å². The molecule has 0 spiro atoms. The second-order valence-electron chi connectivity index (χ2n) is 7.56. The van der Waals surface area contributed by atoms with Crippen LogP contribution in [0.2, 0.25) is 0 Å². The number of hydrogen-bond acceptors (Lipinski definition) is 4. The van der Waals surface area contributed by atoms with Gasteiger partial charge < -0.3 is 9.64 Å². The second kappa shape index (κ2) is 8.71. The lowest BCUT2D eigenvalue weighted by molar-refractivity contribution is 0.0105. The number of benzene rings is 1. The molecule has 8 heteroatoms. The Hall–Kier alpha value is -1.12. The molecule has 1 heterocycles. The maximum absolute atomic E-state index is 12.4. The zero-order valence-electron chi connectivity index (χ0n) is 15.5. The number of sulfonamides is 1. The standard InChI is InChI=1S/C18H27BrN2O4S/c1-18(2,3)25-17(22)21-11-5-4-6-16(21)12-20-26(23,24)13-14-7-9-15(19)10-8-14/h7-10,16,20H,4-6,11-13H2,1-3H3/t16-/m0/s1. The number of ether oxygens (including phenoxy) is 1. The third kappa shape index (κ3) is 6.89. The van der Waals surface area contributed by atoms with Gasteiger partial charge in [0.1, 0.15) is 5.60 Å². The van der Waals surface area contributed by atoms with Gasteiger partial charge in [-0.1, -0.05) is 28.1 Å². The molecule has 1 aromatic carbocycles. The molecule has 0 saturated carbocycles. The highest BCUT2D eigenvalue weighted by Gasteiger charge is 2.31. The molecular weight excluding hydrogens is 420 g/mol. The van der Waals surface area contributed by atoms with Crippen LogP contribution in [0.4, 0.5) is 4.79 Å². The van der Waals surface area contributed by atoms with Crippen LogP contribution in [0.25, 0.3) is 0 Å². The first-order valence-corrected chi connectivity index (χ1v) is 11.2. The summed E-state index contributed by atoms with van der Waals surface area (Å²) in [6, 6.07) is 7.00. The highest BCUT2D eigenvalue weighted by Crippen LogP contribution is 2.20. The van der Waals surface area contributed by atoms with E-state index in [1.165, 1.54) is 0 Å². The minimum absolute atomic E-state index is 0.0839. The van der Waals surface area contributed by atoms with E-state index >= 15 is 0 Å². The van der Waals surface area contributed by atoms with Gasteiger partial charge in [-0.25, -0.2) is 17.9 Å². The summed E-state index contributed by atoms with van der Waals surface area (Å²) in [7, 11) is -3.48. The molecule has 0 aliphatic carbocycles. The Morgan fingerprint density at radius 1 is 1.27 bits per heavy atom. The van der Waals surface area contributed by atoms with E-state index in [0.29, 0.717) is 12.1 Å². The average molecular weight is 447 g/mol. The first-order chi connectivity index (χ1) is 12.1. The van der Waals surface area contributed by atoms with E-state index < -0.39 is 15.6 Å². The molecule has 6 nitrogen and oxygen atoms in total. The van der Waals surface area contributed by atoms with Crippen molar-refractivity contribution >= 4 is 32.0 Å². The molecule has 2 rings (SSSR count). The quantitative estimate of drug-likeness (QED) is 0.748. The van der Waals surface area contributed by atoms with Crippen molar-refractivity contribution in [2.45, 2.75) is 57.4 Å². The lowest BCUT2D eigenvalue weighted by Crippen LogP contribution is -2.50. The number of amides is 1. The zero-order valence-corrected chi connectivity index (χ0v) is 17.9. The highest BCUT2D eigenvalue weighted by atomic mass is 79.9. The van der Waals surface area contributed by atoms with Crippen LogP contribution in [0.15, 0.2) is 28.7 Å². The minimum Gasteiger partial charge on any atom is -0.444 e. The van der Waals surface area contributed by atoms with Crippen molar-refractivity contribution < 1.29 is 17.9 Å². The Kier molecular flexibility index (Phi) is 7.10. The van der Waals surface area contributed by atoms with Gasteiger partial charge in [-0.2, -0.15) is 0 Å². The monoisotopic (exact) mass is 446 g/mol. The van der Waals surface area contributed by atoms with Crippen LogP contribution in [0.3, 0.4) is 0 Å². The SMILES string of the molecule is CC(C)(C)OC(=O)N1CCCC[C@H]1CNS(=O)(=O)Cc1ccc(Br)cc1. The first kappa shape index (κ1) is 21.2. The number of nitrogens with one attached hydrogen (secondary N) is 1. The molecule has 1 aliphatic heterocycles. The van der Waals surface area contributed by atoms with Crippen molar-refractivity contribution in [2.75, 3.05) is 13.1 Å². The average Bonchev–Trinajstić information content (AvgIpc) is 2.54. The van der Waals surface area contributed by atoms with E-state index in [4.69, 9.17) is 4.74 Å². The lowest BCUT2D eigenvalue weighted by Gasteiger charge is -2.36. The Morgan fingerprint density at radius 3 is 2.54 bits per heavy atom. The number of carbonyl (C=O) groups excluding carboxylic acids is 1. The molecule has 1 aromatic rings. The lowest BCUT2D eigenvalue weighted by atomic mass is 10.0. The molecule has 146 valence electrons. The number of nitrogens with zero attached hydrogens (tertiary/aromatic N) is 1. The molecule has 0 bridgehead atoms. The Morgan fingerprint density at radius 2 is 1.92 bits per heavy atom. The number of carbonyl (C=O) groups is 1. The van der Waals surface area contributed by atoms with Crippen LogP contribution in [-0.2, 0) is 20.5 Å². The molecular formula is C18H27BrN2O4S. The van der Waals surface area contributed by atoms with Gasteiger partial charge in [-0.05, 0) is 57.7 Å². The number of likely N-dealkylation sites (tertiary alicyclic amines) is 1. The normalized spacial score (nSPS) is 18.6. The largest absolute Gasteiger partial charge is 0.444 e. The fraction of sp³-hybridized carbons (Fsp3) is 0.611. The second-order valence-corrected chi connectivity index (χ2v) is 10.3. The summed E-state index contributed by atoms with van der Waals surface area (Å²) in [4.78, 5) is 14.0. The molecule has 1 amide bonds. The molecule has 1 fully saturated rings. The van der Waals surface area contributed by atoms with E-state index in [1.54, 1.807) is 17.0 Å². The molecule has 1 atom stereocenters. The van der Waals surface area contributed by atoms with E-state index in [9.17, 15) is 13.2 Å². The van der Waals surface area contributed by atoms with Crippen molar-refractivity contribution in [3.05, 3.63) is 34.3 Å². The van der Waals surface area contributed by atoms with Gasteiger partial charge in [0.05, 0.1) is 5.75 Å². The summed E-state index contributed by atoms with van der Waals surface area (Å²) in [5.74, 6) is -0.0839. The highest BCUT2D eigenvalue weighted by molar-refractivity contribution is 9.10. The van der Waals surface area contributed by atoms with Crippen molar-refractivity contribution in [2.24, 2.45) is 0 Å². The summed E-state index contributed by atoms with van der Waals surface area (Å²) in [5, 5.41) is 0. The van der Waals surface area contributed by atoms with E-state index in [-0.39, 0.29) is 24.4 Å². The third-order valence-electron chi connectivity index (χ3n) is 4.06. The maximum atomic E-state index is 12.4. The molecule has 1 aliphatic rings. The smallest absolute Gasteiger partial charge is 0.410 e. The van der Waals surface area contributed by atoms with E-state index in [0.717, 1.165) is 23.7 Å². The van der Waals surface area contributed by atoms with E-state index in [1.807, 2.05) is 32.9 Å². The Labute approximate surface area is 164 Å². The van der Waals surface area contributed by atoms with Gasteiger partial charge >= 0.3 is 6.09 Å². The summed E-state index contributed by atoms with van der Waals surface area (Å²) in [6.45, 7) is 6.27. The third-order valence-corrected chi connectivity index (χ3v) is 5.91. The molecule has 0 unspecified atom stereocenters. The summed E-state index contributed by atoms with van der Waals surface area (Å²) < 4.78 is 33.8. The number of hydrogen-bond donors (Lipinski definition) is 1. The van der Waals surface area contributed by atoms with Gasteiger partial charge in [-0.3, -0.25) is 0 Å². The fourth-order valence-corrected chi connectivity index (χ4v) is 4.29. The van der Waals surface area contributed by atoms with Crippen LogP contribution in [0, 0.1) is 0 Å². The van der Waals surface area contributed by atoms with Gasteiger partial charge in [0.15, 0.2) is 0 Å². The molecule has 1 N–H and O–H groups in total. The van der Waals surface area contributed by atoms with Gasteiger partial charge in [-0.15, -0.1) is 0 Å². The van der Waals surface area contributed by atoms with Crippen LogP contribution >= 0.6 is 15.9 Å². The zero-order chi connectivity index (χ0) is 19.4. The first-order valence-electron chi connectivity index (χ1n) is 8.77. The van der Waals surface area contributed by atoms with Crippen molar-refractivity contribution in [1.82, 2.24) is 9.62 Å². The maximum Gasteiger partial charge on any atom is 0.410 e. The van der Waals surface area contributed by atoms with Crippen molar-refractivity contribution in [1.29, 1.82) is 0 Å². The topological polar surface area (TPSA) is 75.7 Å². The number of piperidine rings is 1. The summed E-state index contributed by atoms with van der Waals surface area (Å²) >= 11 is 3.33. The summed E-state index contributed by atoms with van der Waals surface area (Å²) in [5.41, 5.74) is 0.147. The van der Waals surface area contributed by atoms with E-state index in [2.05, 4.69) is 20.7 Å². The Bertz CT molecular complexity index is 714. The van der Waals surface area contributed by atoms with Crippen LogP contribution in [0.5, 0.6) is 0 Å². The van der Waals surface area contributed by atoms with Crippen LogP contribution in [-0.4, -0.2) is 44.1 Å². The molecule has 0 radical (unpaired) electrons. The van der Waals surface area contributed by atoms with Gasteiger partial charge in [0, 0.05) is 23.6 Å². The minimum atomic E-state index is -3.48. The predicted molar refractivity (Wildman–Crippen MR) is 105 cm³/mol. The van der Waals surface area contributed by atoms with Crippen LogP contribution in [0.1, 0.15) is 45.6 Å². The molecule has 0 aromatic heterocycles. The van der Waals surface area contributed by atoms with Gasteiger partial charge in [0.2, 0.25) is 10.0 Å². The van der Waals surface area contributed by atoms with Crippen LogP contribution < -0.4 is 4.72 Å². The predicted octanol–water partition coefficient (Wildman–Crippen LogP) is 3.66. The van der Waals surface area contributed by atoms with Crippen molar-refractivity contribution in [3.8, 4) is 0 Å². The number of halogens is 1. The molecule has 26 heavy (non-hydrogen) atoms.